The van der Waals surface area contributed by atoms with Gasteiger partial charge >= 0.3 is 0 Å². The molecule has 146 valence electrons. The van der Waals surface area contributed by atoms with Crippen molar-refractivity contribution in [3.63, 3.8) is 0 Å². The Bertz CT molecular complexity index is 791. The lowest BCUT2D eigenvalue weighted by atomic mass is 10.3. The van der Waals surface area contributed by atoms with Crippen LogP contribution in [0, 0.1) is 6.92 Å². The smallest absolute Gasteiger partial charge is 0.254 e. The van der Waals surface area contributed by atoms with Crippen LogP contribution in [0.1, 0.15) is 19.5 Å². The van der Waals surface area contributed by atoms with E-state index >= 15 is 0 Å². The minimum atomic E-state index is 0.160. The van der Waals surface area contributed by atoms with Crippen molar-refractivity contribution in [2.75, 3.05) is 36.8 Å². The number of nitrogens with zero attached hydrogens (tertiary/aromatic N) is 4. The van der Waals surface area contributed by atoms with Crippen LogP contribution in [0.15, 0.2) is 29.3 Å². The molecule has 2 aromatic rings. The molecular formula is C18H25Cl2N7. The van der Waals surface area contributed by atoms with Gasteiger partial charge in [0.25, 0.3) is 5.95 Å². The van der Waals surface area contributed by atoms with Crippen LogP contribution in [0.4, 0.5) is 17.5 Å². The fourth-order valence-electron chi connectivity index (χ4n) is 2.43. The Hall–Kier alpha value is -2.09. The molecule has 0 saturated heterocycles. The predicted octanol–water partition coefficient (Wildman–Crippen LogP) is 3.90. The first-order valence-corrected chi connectivity index (χ1v) is 9.55. The highest BCUT2D eigenvalue weighted by atomic mass is 35.5. The van der Waals surface area contributed by atoms with Crippen LogP contribution in [0.5, 0.6) is 0 Å². The summed E-state index contributed by atoms with van der Waals surface area (Å²) in [6.07, 6.45) is 0. The molecule has 0 unspecified atom stereocenters. The molecular weight excluding hydrogens is 385 g/mol. The Morgan fingerprint density at radius 3 is 2.56 bits per heavy atom. The molecule has 0 fully saturated rings. The van der Waals surface area contributed by atoms with Crippen LogP contribution in [-0.2, 0) is 0 Å². The summed E-state index contributed by atoms with van der Waals surface area (Å²) in [5.74, 6) is 1.16. The topological polar surface area (TPSA) is 91.5 Å². The third-order valence-electron chi connectivity index (χ3n) is 3.88. The number of anilines is 2. The molecule has 0 aliphatic carbocycles. The Morgan fingerprint density at radius 1 is 1.15 bits per heavy atom. The Balaban J connectivity index is 2.05. The molecule has 1 aromatic heterocycles. The Labute approximate surface area is 170 Å². The lowest BCUT2D eigenvalue weighted by Crippen LogP contribution is -2.28. The van der Waals surface area contributed by atoms with Gasteiger partial charge in [-0.15, -0.1) is 0 Å². The second kappa shape index (κ2) is 10.3. The van der Waals surface area contributed by atoms with Crippen molar-refractivity contribution in [2.24, 2.45) is 10.7 Å². The van der Waals surface area contributed by atoms with Gasteiger partial charge in [-0.3, -0.25) is 0 Å². The van der Waals surface area contributed by atoms with Crippen molar-refractivity contribution in [1.82, 2.24) is 14.9 Å². The maximum Gasteiger partial charge on any atom is 0.254 e. The summed E-state index contributed by atoms with van der Waals surface area (Å²) in [4.78, 5) is 15.3. The molecule has 0 spiro atoms. The minimum absolute atomic E-state index is 0.160. The minimum Gasteiger partial charge on any atom is -0.369 e. The molecule has 7 nitrogen and oxygen atoms in total. The molecule has 1 heterocycles. The predicted molar refractivity (Wildman–Crippen MR) is 114 cm³/mol. The maximum atomic E-state index is 6.00. The zero-order valence-electron chi connectivity index (χ0n) is 15.8. The summed E-state index contributed by atoms with van der Waals surface area (Å²) >= 11 is 11.9. The number of benzene rings is 1. The molecule has 0 atom stereocenters. The van der Waals surface area contributed by atoms with Gasteiger partial charge in [0.2, 0.25) is 5.96 Å². The average Bonchev–Trinajstić information content (AvgIpc) is 2.61. The SMILES string of the molecule is CCN(CC)CCNc1cc(C)nc(/N=C(\N)Nc2ccc(Cl)c(Cl)c2)n1. The number of aryl methyl sites for hydroxylation is 1. The first-order valence-electron chi connectivity index (χ1n) is 8.79. The van der Waals surface area contributed by atoms with Crippen LogP contribution < -0.4 is 16.4 Å². The van der Waals surface area contributed by atoms with E-state index in [2.05, 4.69) is 44.3 Å². The highest BCUT2D eigenvalue weighted by Crippen LogP contribution is 2.25. The molecule has 4 N–H and O–H groups in total. The molecule has 0 saturated carbocycles. The van der Waals surface area contributed by atoms with Crippen molar-refractivity contribution in [3.8, 4) is 0 Å². The number of nitrogens with one attached hydrogen (secondary N) is 2. The standard InChI is InChI=1S/C18H25Cl2N7/c1-4-27(5-2)9-8-22-16-10-12(3)23-18(25-16)26-17(21)24-13-6-7-14(19)15(20)11-13/h6-7,10-11H,4-5,8-9H2,1-3H3,(H4,21,22,23,24,25,26). The lowest BCUT2D eigenvalue weighted by Gasteiger charge is -2.18. The normalized spacial score (nSPS) is 11.7. The summed E-state index contributed by atoms with van der Waals surface area (Å²) in [7, 11) is 0. The molecule has 0 radical (unpaired) electrons. The highest BCUT2D eigenvalue weighted by molar-refractivity contribution is 6.42. The largest absolute Gasteiger partial charge is 0.369 e. The molecule has 9 heteroatoms. The van der Waals surface area contributed by atoms with Gasteiger partial charge in [0.05, 0.1) is 10.0 Å². The van der Waals surface area contributed by atoms with Gasteiger partial charge in [-0.1, -0.05) is 37.0 Å². The van der Waals surface area contributed by atoms with Gasteiger partial charge in [-0.05, 0) is 38.2 Å². The number of guanidine groups is 1. The van der Waals surface area contributed by atoms with Gasteiger partial charge in [0, 0.05) is 30.5 Å². The second-order valence-corrected chi connectivity index (χ2v) is 6.71. The van der Waals surface area contributed by atoms with E-state index in [9.17, 15) is 0 Å². The van der Waals surface area contributed by atoms with Crippen LogP contribution in [-0.4, -0.2) is 47.0 Å². The van der Waals surface area contributed by atoms with Gasteiger partial charge < -0.3 is 21.3 Å². The maximum absolute atomic E-state index is 6.00. The fourth-order valence-corrected chi connectivity index (χ4v) is 2.73. The number of aromatic nitrogens is 2. The molecule has 0 amide bonds. The number of rotatable bonds is 8. The molecule has 2 rings (SSSR count). The van der Waals surface area contributed by atoms with Crippen LogP contribution in [0.2, 0.25) is 10.0 Å². The van der Waals surface area contributed by atoms with Crippen molar-refractivity contribution >= 4 is 46.6 Å². The quantitative estimate of drug-likeness (QED) is 0.452. The van der Waals surface area contributed by atoms with Gasteiger partial charge in [-0.2, -0.15) is 9.98 Å². The number of hydrogen-bond acceptors (Lipinski definition) is 5. The van der Waals surface area contributed by atoms with E-state index in [4.69, 9.17) is 28.9 Å². The summed E-state index contributed by atoms with van der Waals surface area (Å²) < 4.78 is 0. The van der Waals surface area contributed by atoms with Crippen LogP contribution in [0.3, 0.4) is 0 Å². The molecule has 27 heavy (non-hydrogen) atoms. The van der Waals surface area contributed by atoms with E-state index in [1.54, 1.807) is 18.2 Å². The first kappa shape index (κ1) is 21.2. The van der Waals surface area contributed by atoms with Gasteiger partial charge in [0.15, 0.2) is 0 Å². The van der Waals surface area contributed by atoms with E-state index in [0.29, 0.717) is 15.7 Å². The molecule has 0 aliphatic rings. The Kier molecular flexibility index (Phi) is 8.09. The number of likely N-dealkylation sites (N-methyl/N-ethyl adjacent to an activating group) is 1. The summed E-state index contributed by atoms with van der Waals surface area (Å²) in [5.41, 5.74) is 7.44. The monoisotopic (exact) mass is 409 g/mol. The number of halogens is 2. The van der Waals surface area contributed by atoms with Crippen molar-refractivity contribution in [3.05, 3.63) is 40.0 Å². The third-order valence-corrected chi connectivity index (χ3v) is 4.62. The summed E-state index contributed by atoms with van der Waals surface area (Å²) in [6.45, 7) is 9.96. The van der Waals surface area contributed by atoms with E-state index in [1.807, 2.05) is 13.0 Å². The summed E-state index contributed by atoms with van der Waals surface area (Å²) in [5, 5.41) is 7.16. The zero-order valence-corrected chi connectivity index (χ0v) is 17.3. The first-order chi connectivity index (χ1) is 12.9. The lowest BCUT2D eigenvalue weighted by molar-refractivity contribution is 0.316. The zero-order chi connectivity index (χ0) is 19.8. The van der Waals surface area contributed by atoms with E-state index in [-0.39, 0.29) is 11.9 Å². The third kappa shape index (κ3) is 6.86. The number of hydrogen-bond donors (Lipinski definition) is 3. The van der Waals surface area contributed by atoms with E-state index in [0.717, 1.165) is 37.7 Å². The summed E-state index contributed by atoms with van der Waals surface area (Å²) in [6, 6.07) is 6.99. The van der Waals surface area contributed by atoms with Crippen molar-refractivity contribution < 1.29 is 0 Å². The molecule has 0 bridgehead atoms. The second-order valence-electron chi connectivity index (χ2n) is 5.90. The molecule has 1 aromatic carbocycles. The van der Waals surface area contributed by atoms with E-state index < -0.39 is 0 Å². The van der Waals surface area contributed by atoms with Gasteiger partial charge in [0.1, 0.15) is 5.82 Å². The Morgan fingerprint density at radius 2 is 1.89 bits per heavy atom. The fraction of sp³-hybridized carbons (Fsp3) is 0.389. The van der Waals surface area contributed by atoms with Crippen LogP contribution >= 0.6 is 23.2 Å². The number of nitrogens with two attached hydrogens (primary N) is 1. The highest BCUT2D eigenvalue weighted by Gasteiger charge is 2.05. The van der Waals surface area contributed by atoms with Crippen molar-refractivity contribution in [2.45, 2.75) is 20.8 Å². The van der Waals surface area contributed by atoms with E-state index in [1.165, 1.54) is 0 Å². The average molecular weight is 410 g/mol. The number of aliphatic imine (C=N–C) groups is 1. The van der Waals surface area contributed by atoms with Gasteiger partial charge in [-0.25, -0.2) is 4.98 Å². The van der Waals surface area contributed by atoms with Crippen LogP contribution in [0.25, 0.3) is 0 Å². The molecule has 0 aliphatic heterocycles. The van der Waals surface area contributed by atoms with Crippen molar-refractivity contribution in [1.29, 1.82) is 0 Å².